The molecular weight excluding hydrogens is 344 g/mol. The van der Waals surface area contributed by atoms with Crippen LogP contribution in [0.4, 0.5) is 0 Å². The van der Waals surface area contributed by atoms with Gasteiger partial charge in [-0.05, 0) is 84.2 Å². The van der Waals surface area contributed by atoms with Crippen LogP contribution in [0.3, 0.4) is 0 Å². The molecule has 2 aromatic rings. The van der Waals surface area contributed by atoms with E-state index in [1.807, 2.05) is 12.1 Å². The summed E-state index contributed by atoms with van der Waals surface area (Å²) in [5, 5.41) is 2.35. The number of unbranched alkanes of at least 4 members (excludes halogenated alkanes) is 1. The number of hydrogen-bond acceptors (Lipinski definition) is 2. The fourth-order valence-electron chi connectivity index (χ4n) is 5.81. The van der Waals surface area contributed by atoms with Crippen molar-refractivity contribution in [1.82, 2.24) is 0 Å². The predicted octanol–water partition coefficient (Wildman–Crippen LogP) is 7.12. The summed E-state index contributed by atoms with van der Waals surface area (Å²) in [6.45, 7) is 2.32. The SMILES string of the molecule is CCCCC1CCC2CC(c3ccc4cc(C(=O)OC)ccc4c3)CCC2C1. The van der Waals surface area contributed by atoms with E-state index in [0.29, 0.717) is 11.5 Å². The largest absolute Gasteiger partial charge is 0.465 e. The van der Waals surface area contributed by atoms with Gasteiger partial charge in [-0.2, -0.15) is 0 Å². The van der Waals surface area contributed by atoms with Crippen molar-refractivity contribution in [2.75, 3.05) is 7.11 Å². The smallest absolute Gasteiger partial charge is 0.337 e. The second-order valence-corrected chi connectivity index (χ2v) is 9.16. The molecule has 0 N–H and O–H groups in total. The topological polar surface area (TPSA) is 26.3 Å². The molecular formula is C26H34O2. The molecule has 2 aromatic carbocycles. The van der Waals surface area contributed by atoms with Crippen LogP contribution in [0.25, 0.3) is 10.8 Å². The van der Waals surface area contributed by atoms with E-state index in [-0.39, 0.29) is 5.97 Å². The summed E-state index contributed by atoms with van der Waals surface area (Å²) in [5.74, 6) is 3.36. The number of esters is 1. The summed E-state index contributed by atoms with van der Waals surface area (Å²) >= 11 is 0. The third-order valence-electron chi connectivity index (χ3n) is 7.44. The summed E-state index contributed by atoms with van der Waals surface area (Å²) in [5.41, 5.74) is 2.12. The highest BCUT2D eigenvalue weighted by Gasteiger charge is 2.35. The Morgan fingerprint density at radius 3 is 2.54 bits per heavy atom. The first kappa shape index (κ1) is 19.5. The fraction of sp³-hybridized carbons (Fsp3) is 0.577. The van der Waals surface area contributed by atoms with Gasteiger partial charge in [0.1, 0.15) is 0 Å². The van der Waals surface area contributed by atoms with Crippen LogP contribution in [0.1, 0.15) is 86.6 Å². The molecule has 4 rings (SSSR count). The Morgan fingerprint density at radius 1 is 0.964 bits per heavy atom. The lowest BCUT2D eigenvalue weighted by molar-refractivity contribution is 0.0601. The van der Waals surface area contributed by atoms with Crippen molar-refractivity contribution in [2.45, 2.75) is 70.6 Å². The van der Waals surface area contributed by atoms with Crippen LogP contribution < -0.4 is 0 Å². The van der Waals surface area contributed by atoms with Crippen molar-refractivity contribution in [3.05, 3.63) is 47.5 Å². The van der Waals surface area contributed by atoms with Crippen LogP contribution in [-0.2, 0) is 4.74 Å². The van der Waals surface area contributed by atoms with Crippen LogP contribution >= 0.6 is 0 Å². The van der Waals surface area contributed by atoms with E-state index in [9.17, 15) is 4.79 Å². The molecule has 0 heterocycles. The number of hydrogen-bond donors (Lipinski definition) is 0. The van der Waals surface area contributed by atoms with E-state index >= 15 is 0 Å². The first-order valence-corrected chi connectivity index (χ1v) is 11.3. The molecule has 0 radical (unpaired) electrons. The van der Waals surface area contributed by atoms with E-state index < -0.39 is 0 Å². The number of methoxy groups -OCH3 is 1. The third-order valence-corrected chi connectivity index (χ3v) is 7.44. The van der Waals surface area contributed by atoms with E-state index in [1.165, 1.54) is 75.8 Å². The van der Waals surface area contributed by atoms with Crippen LogP contribution in [0.15, 0.2) is 36.4 Å². The van der Waals surface area contributed by atoms with Gasteiger partial charge in [-0.3, -0.25) is 0 Å². The maximum Gasteiger partial charge on any atom is 0.337 e. The monoisotopic (exact) mass is 378 g/mol. The number of fused-ring (bicyclic) bond motifs is 2. The van der Waals surface area contributed by atoms with E-state index in [4.69, 9.17) is 4.74 Å². The molecule has 2 saturated carbocycles. The number of rotatable bonds is 5. The second kappa shape index (κ2) is 8.68. The molecule has 150 valence electrons. The minimum Gasteiger partial charge on any atom is -0.465 e. The lowest BCUT2D eigenvalue weighted by Gasteiger charge is -2.42. The lowest BCUT2D eigenvalue weighted by atomic mass is 9.63. The Balaban J connectivity index is 1.44. The first-order valence-electron chi connectivity index (χ1n) is 11.3. The molecule has 2 fully saturated rings. The molecule has 4 unspecified atom stereocenters. The van der Waals surface area contributed by atoms with Crippen molar-refractivity contribution < 1.29 is 9.53 Å². The zero-order chi connectivity index (χ0) is 19.5. The highest BCUT2D eigenvalue weighted by Crippen LogP contribution is 2.48. The van der Waals surface area contributed by atoms with E-state index in [1.54, 1.807) is 0 Å². The van der Waals surface area contributed by atoms with Crippen molar-refractivity contribution >= 4 is 16.7 Å². The lowest BCUT2D eigenvalue weighted by Crippen LogP contribution is -2.30. The fourth-order valence-corrected chi connectivity index (χ4v) is 5.81. The molecule has 0 aromatic heterocycles. The highest BCUT2D eigenvalue weighted by molar-refractivity contribution is 5.95. The van der Waals surface area contributed by atoms with Crippen molar-refractivity contribution in [2.24, 2.45) is 17.8 Å². The molecule has 0 spiro atoms. The molecule has 0 amide bonds. The Bertz CT molecular complexity index is 824. The molecule has 2 heteroatoms. The Hall–Kier alpha value is -1.83. The van der Waals surface area contributed by atoms with Crippen molar-refractivity contribution in [3.63, 3.8) is 0 Å². The zero-order valence-corrected chi connectivity index (χ0v) is 17.5. The molecule has 0 bridgehead atoms. The van der Waals surface area contributed by atoms with Gasteiger partial charge in [0.05, 0.1) is 12.7 Å². The van der Waals surface area contributed by atoms with Gasteiger partial charge in [-0.25, -0.2) is 4.79 Å². The summed E-state index contributed by atoms with van der Waals surface area (Å²) < 4.78 is 4.84. The summed E-state index contributed by atoms with van der Waals surface area (Å²) in [7, 11) is 1.43. The zero-order valence-electron chi connectivity index (χ0n) is 17.5. The van der Waals surface area contributed by atoms with Gasteiger partial charge in [-0.1, -0.05) is 56.9 Å². The molecule has 2 aliphatic carbocycles. The van der Waals surface area contributed by atoms with Gasteiger partial charge >= 0.3 is 5.97 Å². The highest BCUT2D eigenvalue weighted by atomic mass is 16.5. The first-order chi connectivity index (χ1) is 13.7. The van der Waals surface area contributed by atoms with Gasteiger partial charge in [-0.15, -0.1) is 0 Å². The standard InChI is InChI=1S/C26H34O2/c1-3-4-5-18-6-7-20-15-21(9-8-19(20)14-18)22-10-11-24-17-25(26(27)28-2)13-12-23(24)16-22/h10-13,16-21H,3-9,14-15H2,1-2H3. The summed E-state index contributed by atoms with van der Waals surface area (Å²) in [4.78, 5) is 11.8. The maximum atomic E-state index is 11.8. The Kier molecular flexibility index (Phi) is 6.04. The molecule has 2 aliphatic rings. The average Bonchev–Trinajstić information content (AvgIpc) is 2.75. The summed E-state index contributed by atoms with van der Waals surface area (Å²) in [6, 6.07) is 12.7. The number of benzene rings is 2. The summed E-state index contributed by atoms with van der Waals surface area (Å²) in [6.07, 6.45) is 12.7. The van der Waals surface area contributed by atoms with Crippen molar-refractivity contribution in [3.8, 4) is 0 Å². The van der Waals surface area contributed by atoms with Crippen LogP contribution in [0, 0.1) is 17.8 Å². The van der Waals surface area contributed by atoms with E-state index in [0.717, 1.165) is 23.1 Å². The normalized spacial score (nSPS) is 27.4. The quantitative estimate of drug-likeness (QED) is 0.518. The van der Waals surface area contributed by atoms with Crippen LogP contribution in [0.2, 0.25) is 0 Å². The van der Waals surface area contributed by atoms with Gasteiger partial charge < -0.3 is 4.74 Å². The maximum absolute atomic E-state index is 11.8. The molecule has 0 saturated heterocycles. The van der Waals surface area contributed by atoms with Crippen LogP contribution in [0.5, 0.6) is 0 Å². The predicted molar refractivity (Wildman–Crippen MR) is 116 cm³/mol. The minimum absolute atomic E-state index is 0.265. The van der Waals surface area contributed by atoms with Gasteiger partial charge in [0, 0.05) is 0 Å². The van der Waals surface area contributed by atoms with Crippen LogP contribution in [-0.4, -0.2) is 13.1 Å². The third kappa shape index (κ3) is 4.11. The molecule has 2 nitrogen and oxygen atoms in total. The van der Waals surface area contributed by atoms with Crippen molar-refractivity contribution in [1.29, 1.82) is 0 Å². The number of ether oxygens (including phenoxy) is 1. The molecule has 0 aliphatic heterocycles. The number of carbonyl (C=O) groups is 1. The van der Waals surface area contributed by atoms with E-state index in [2.05, 4.69) is 31.2 Å². The Morgan fingerprint density at radius 2 is 1.71 bits per heavy atom. The average molecular weight is 379 g/mol. The minimum atomic E-state index is -0.265. The Labute approximate surface area is 169 Å². The molecule has 4 atom stereocenters. The van der Waals surface area contributed by atoms with Gasteiger partial charge in [0.25, 0.3) is 0 Å². The van der Waals surface area contributed by atoms with Gasteiger partial charge in [0.2, 0.25) is 0 Å². The second-order valence-electron chi connectivity index (χ2n) is 9.16. The van der Waals surface area contributed by atoms with Gasteiger partial charge in [0.15, 0.2) is 0 Å². The molecule has 28 heavy (non-hydrogen) atoms. The number of carbonyl (C=O) groups excluding carboxylic acids is 1.